The van der Waals surface area contributed by atoms with E-state index in [-0.39, 0.29) is 0 Å². The summed E-state index contributed by atoms with van der Waals surface area (Å²) in [5.41, 5.74) is 14.9. The molecule has 0 aliphatic carbocycles. The highest BCUT2D eigenvalue weighted by Crippen LogP contribution is 2.44. The van der Waals surface area contributed by atoms with E-state index in [9.17, 15) is 0 Å². The lowest BCUT2D eigenvalue weighted by Gasteiger charge is -2.27. The van der Waals surface area contributed by atoms with Crippen molar-refractivity contribution in [2.45, 2.75) is 0 Å². The molecule has 0 unspecified atom stereocenters. The van der Waals surface area contributed by atoms with Crippen LogP contribution < -0.4 is 4.90 Å². The summed E-state index contributed by atoms with van der Waals surface area (Å²) in [7, 11) is 0. The first-order chi connectivity index (χ1) is 28.3. The lowest BCUT2D eigenvalue weighted by molar-refractivity contribution is 1.17. The van der Waals surface area contributed by atoms with Crippen molar-refractivity contribution in [2.24, 2.45) is 0 Å². The third kappa shape index (κ3) is 5.51. The van der Waals surface area contributed by atoms with Crippen molar-refractivity contribution in [3.05, 3.63) is 224 Å². The maximum atomic E-state index is 2.44. The Morgan fingerprint density at radius 3 is 1.46 bits per heavy atom. The molecule has 3 heteroatoms. The van der Waals surface area contributed by atoms with Crippen LogP contribution in [0.15, 0.2) is 224 Å². The fourth-order valence-electron chi connectivity index (χ4n) is 8.79. The summed E-state index contributed by atoms with van der Waals surface area (Å²) in [6.45, 7) is 0. The lowest BCUT2D eigenvalue weighted by atomic mass is 9.99. The second-order valence-corrected chi connectivity index (χ2v) is 14.6. The van der Waals surface area contributed by atoms with Gasteiger partial charge in [0.2, 0.25) is 0 Å². The molecule has 0 radical (unpaired) electrons. The topological polar surface area (TPSA) is 13.1 Å². The molecule has 0 atom stereocenters. The van der Waals surface area contributed by atoms with Gasteiger partial charge < -0.3 is 14.0 Å². The molecule has 2 heterocycles. The van der Waals surface area contributed by atoms with Crippen molar-refractivity contribution < 1.29 is 0 Å². The minimum absolute atomic E-state index is 1.07. The van der Waals surface area contributed by atoms with Gasteiger partial charge in [-0.25, -0.2) is 0 Å². The molecule has 2 aromatic heterocycles. The molecule has 268 valence electrons. The summed E-state index contributed by atoms with van der Waals surface area (Å²) in [5, 5.41) is 4.94. The van der Waals surface area contributed by atoms with E-state index < -0.39 is 0 Å². The lowest BCUT2D eigenvalue weighted by Crippen LogP contribution is -2.11. The van der Waals surface area contributed by atoms with Gasteiger partial charge in [-0.2, -0.15) is 0 Å². The summed E-state index contributed by atoms with van der Waals surface area (Å²) in [4.78, 5) is 2.40. The average molecular weight is 728 g/mol. The van der Waals surface area contributed by atoms with Crippen molar-refractivity contribution in [1.82, 2.24) is 9.13 Å². The molecule has 57 heavy (non-hydrogen) atoms. The smallest absolute Gasteiger partial charge is 0.0619 e. The molecule has 0 fully saturated rings. The van der Waals surface area contributed by atoms with Crippen LogP contribution in [0.1, 0.15) is 0 Å². The number of hydrogen-bond donors (Lipinski definition) is 0. The Hall–Kier alpha value is -7.62. The second kappa shape index (κ2) is 13.6. The van der Waals surface area contributed by atoms with E-state index in [1.54, 1.807) is 0 Å². The van der Waals surface area contributed by atoms with Gasteiger partial charge in [-0.15, -0.1) is 0 Å². The van der Waals surface area contributed by atoms with Crippen LogP contribution in [-0.2, 0) is 0 Å². The number of para-hydroxylation sites is 6. The van der Waals surface area contributed by atoms with E-state index in [1.807, 2.05) is 0 Å². The van der Waals surface area contributed by atoms with Crippen LogP contribution in [-0.4, -0.2) is 9.13 Å². The highest BCUT2D eigenvalue weighted by molar-refractivity contribution is 6.14. The van der Waals surface area contributed by atoms with Gasteiger partial charge in [0.25, 0.3) is 0 Å². The summed E-state index contributed by atoms with van der Waals surface area (Å²) in [6, 6.07) is 81.2. The monoisotopic (exact) mass is 727 g/mol. The molecule has 11 aromatic rings. The normalized spacial score (nSPS) is 11.5. The molecular weight excluding hydrogens is 691 g/mol. The predicted octanol–water partition coefficient (Wildman–Crippen LogP) is 14.7. The summed E-state index contributed by atoms with van der Waals surface area (Å²) in [6.07, 6.45) is 0. The molecule has 11 rings (SSSR count). The molecule has 0 saturated carbocycles. The van der Waals surface area contributed by atoms with Crippen molar-refractivity contribution >= 4 is 60.7 Å². The Morgan fingerprint density at radius 1 is 0.281 bits per heavy atom. The Labute approximate surface area is 331 Å². The van der Waals surface area contributed by atoms with Crippen molar-refractivity contribution in [3.63, 3.8) is 0 Å². The standard InChI is InChI=1S/C54H37N3/c1-4-18-38(19-5-1)39-20-16-25-43(34-39)55(41-21-6-2-7-22-41)44-35-40(36-45(37-44)56-51-31-13-10-26-47(51)48-27-11-14-32-52(48)56)46-29-17-30-50-49-28-12-15-33-53(49)57(54(46)50)42-23-8-3-9-24-42/h1-37H. The highest BCUT2D eigenvalue weighted by Gasteiger charge is 2.21. The van der Waals surface area contributed by atoms with Crippen LogP contribution >= 0.6 is 0 Å². The fraction of sp³-hybridized carbons (Fsp3) is 0. The van der Waals surface area contributed by atoms with Crippen LogP contribution in [0.4, 0.5) is 17.1 Å². The quantitative estimate of drug-likeness (QED) is 0.159. The minimum atomic E-state index is 1.07. The molecule has 0 saturated heterocycles. The number of rotatable bonds is 7. The van der Waals surface area contributed by atoms with Gasteiger partial charge in [0.15, 0.2) is 0 Å². The molecular formula is C54H37N3. The molecule has 0 amide bonds. The highest BCUT2D eigenvalue weighted by atomic mass is 15.1. The minimum Gasteiger partial charge on any atom is -0.310 e. The number of fused-ring (bicyclic) bond motifs is 6. The van der Waals surface area contributed by atoms with E-state index in [0.717, 1.165) is 34.0 Å². The number of aromatic nitrogens is 2. The summed E-state index contributed by atoms with van der Waals surface area (Å²) in [5.74, 6) is 0. The first-order valence-corrected chi connectivity index (χ1v) is 19.5. The van der Waals surface area contributed by atoms with Gasteiger partial charge in [0.1, 0.15) is 0 Å². The number of benzene rings is 9. The van der Waals surface area contributed by atoms with Crippen LogP contribution in [0.2, 0.25) is 0 Å². The predicted molar refractivity (Wildman–Crippen MR) is 241 cm³/mol. The average Bonchev–Trinajstić information content (AvgIpc) is 3.81. The molecule has 9 aromatic carbocycles. The van der Waals surface area contributed by atoms with Gasteiger partial charge in [-0.3, -0.25) is 0 Å². The van der Waals surface area contributed by atoms with Gasteiger partial charge in [-0.1, -0.05) is 152 Å². The zero-order valence-corrected chi connectivity index (χ0v) is 31.2. The third-order valence-corrected chi connectivity index (χ3v) is 11.2. The summed E-state index contributed by atoms with van der Waals surface area (Å²) >= 11 is 0. The Bertz CT molecular complexity index is 3180. The van der Waals surface area contributed by atoms with Crippen molar-refractivity contribution in [1.29, 1.82) is 0 Å². The van der Waals surface area contributed by atoms with Gasteiger partial charge >= 0.3 is 0 Å². The largest absolute Gasteiger partial charge is 0.310 e. The van der Waals surface area contributed by atoms with E-state index in [1.165, 1.54) is 60.3 Å². The van der Waals surface area contributed by atoms with E-state index in [0.29, 0.717) is 0 Å². The number of nitrogens with zero attached hydrogens (tertiary/aromatic N) is 3. The fourth-order valence-corrected chi connectivity index (χ4v) is 8.79. The first kappa shape index (κ1) is 32.8. The third-order valence-electron chi connectivity index (χ3n) is 11.2. The summed E-state index contributed by atoms with van der Waals surface area (Å²) < 4.78 is 4.87. The van der Waals surface area contributed by atoms with Crippen LogP contribution in [0.5, 0.6) is 0 Å². The second-order valence-electron chi connectivity index (χ2n) is 14.6. The van der Waals surface area contributed by atoms with Crippen molar-refractivity contribution in [2.75, 3.05) is 4.90 Å². The van der Waals surface area contributed by atoms with Gasteiger partial charge in [0, 0.05) is 55.5 Å². The molecule has 0 aliphatic rings. The Kier molecular flexibility index (Phi) is 7.82. The Morgan fingerprint density at radius 2 is 0.772 bits per heavy atom. The van der Waals surface area contributed by atoms with Gasteiger partial charge in [0.05, 0.1) is 22.1 Å². The molecule has 0 bridgehead atoms. The van der Waals surface area contributed by atoms with E-state index >= 15 is 0 Å². The molecule has 3 nitrogen and oxygen atoms in total. The maximum Gasteiger partial charge on any atom is 0.0619 e. The zero-order valence-electron chi connectivity index (χ0n) is 31.2. The van der Waals surface area contributed by atoms with E-state index in [2.05, 4.69) is 238 Å². The van der Waals surface area contributed by atoms with Crippen LogP contribution in [0, 0.1) is 0 Å². The molecule has 0 N–H and O–H groups in total. The van der Waals surface area contributed by atoms with Crippen LogP contribution in [0.25, 0.3) is 77.2 Å². The first-order valence-electron chi connectivity index (χ1n) is 19.5. The Balaban J connectivity index is 1.24. The van der Waals surface area contributed by atoms with Crippen LogP contribution in [0.3, 0.4) is 0 Å². The SMILES string of the molecule is c1ccc(-c2cccc(N(c3ccccc3)c3cc(-c4cccc5c6ccccc6n(-c6ccccc6)c45)cc(-n4c5ccccc5c5ccccc54)c3)c2)cc1. The molecule has 0 spiro atoms. The van der Waals surface area contributed by atoms with E-state index in [4.69, 9.17) is 0 Å². The van der Waals surface area contributed by atoms with Gasteiger partial charge in [-0.05, 0) is 89.5 Å². The maximum absolute atomic E-state index is 2.44. The van der Waals surface area contributed by atoms with Crippen molar-refractivity contribution in [3.8, 4) is 33.6 Å². The molecule has 0 aliphatic heterocycles. The number of anilines is 3. The number of hydrogen-bond acceptors (Lipinski definition) is 1. The zero-order chi connectivity index (χ0) is 37.7.